The Morgan fingerprint density at radius 3 is 2.19 bits per heavy atom. The largest absolute Gasteiger partial charge is 0.497 e. The number of methoxy groups -OCH3 is 4. The SMILES string of the molecule is COc1ccc(S(=O)(=O)NCCOc2cccc(OC)c2OC)c(OC)c1. The van der Waals surface area contributed by atoms with Crippen molar-refractivity contribution in [3.8, 4) is 28.7 Å². The first-order valence-corrected chi connectivity index (χ1v) is 9.50. The lowest BCUT2D eigenvalue weighted by atomic mass is 10.3. The van der Waals surface area contributed by atoms with E-state index in [2.05, 4.69) is 4.72 Å². The van der Waals surface area contributed by atoms with Crippen molar-refractivity contribution in [3.05, 3.63) is 36.4 Å². The van der Waals surface area contributed by atoms with Crippen LogP contribution in [0, 0.1) is 0 Å². The summed E-state index contributed by atoms with van der Waals surface area (Å²) in [5.41, 5.74) is 0. The third-order valence-corrected chi connectivity index (χ3v) is 5.18. The van der Waals surface area contributed by atoms with E-state index < -0.39 is 10.0 Å². The van der Waals surface area contributed by atoms with Gasteiger partial charge in [0.1, 0.15) is 23.0 Å². The van der Waals surface area contributed by atoms with Crippen LogP contribution in [0.15, 0.2) is 41.3 Å². The van der Waals surface area contributed by atoms with Gasteiger partial charge < -0.3 is 23.7 Å². The van der Waals surface area contributed by atoms with Crippen LogP contribution < -0.4 is 28.4 Å². The molecule has 2 rings (SSSR count). The van der Waals surface area contributed by atoms with Gasteiger partial charge >= 0.3 is 0 Å². The molecule has 0 aliphatic carbocycles. The quantitative estimate of drug-likeness (QED) is 0.614. The minimum Gasteiger partial charge on any atom is -0.497 e. The third kappa shape index (κ3) is 4.95. The molecule has 0 unspecified atom stereocenters. The number of benzene rings is 2. The van der Waals surface area contributed by atoms with Crippen LogP contribution in [-0.4, -0.2) is 50.0 Å². The summed E-state index contributed by atoms with van der Waals surface area (Å²) >= 11 is 0. The molecule has 0 aromatic heterocycles. The van der Waals surface area contributed by atoms with Gasteiger partial charge in [-0.1, -0.05) is 6.07 Å². The molecular weight excluding hydrogens is 374 g/mol. The number of para-hydroxylation sites is 1. The van der Waals surface area contributed by atoms with Gasteiger partial charge in [0.05, 0.1) is 28.4 Å². The number of nitrogens with one attached hydrogen (secondary N) is 1. The fourth-order valence-corrected chi connectivity index (χ4v) is 3.54. The zero-order valence-electron chi connectivity index (χ0n) is 15.6. The highest BCUT2D eigenvalue weighted by Gasteiger charge is 2.20. The van der Waals surface area contributed by atoms with Crippen molar-refractivity contribution < 1.29 is 32.1 Å². The molecule has 148 valence electrons. The van der Waals surface area contributed by atoms with Gasteiger partial charge in [0.2, 0.25) is 15.8 Å². The van der Waals surface area contributed by atoms with Gasteiger partial charge in [0.15, 0.2) is 11.5 Å². The summed E-state index contributed by atoms with van der Waals surface area (Å²) < 4.78 is 53.8. The number of hydrogen-bond acceptors (Lipinski definition) is 7. The normalized spacial score (nSPS) is 11.0. The topological polar surface area (TPSA) is 92.3 Å². The zero-order chi connectivity index (χ0) is 19.9. The molecule has 0 radical (unpaired) electrons. The molecule has 0 aliphatic heterocycles. The van der Waals surface area contributed by atoms with E-state index in [9.17, 15) is 8.42 Å². The lowest BCUT2D eigenvalue weighted by Gasteiger charge is -2.14. The molecule has 0 saturated carbocycles. The molecule has 0 spiro atoms. The van der Waals surface area contributed by atoms with E-state index in [0.29, 0.717) is 23.0 Å². The summed E-state index contributed by atoms with van der Waals surface area (Å²) in [7, 11) is 2.14. The van der Waals surface area contributed by atoms with Gasteiger partial charge in [-0.2, -0.15) is 0 Å². The molecule has 0 heterocycles. The Hall–Kier alpha value is -2.65. The zero-order valence-corrected chi connectivity index (χ0v) is 16.5. The summed E-state index contributed by atoms with van der Waals surface area (Å²) in [4.78, 5) is 0.0183. The average molecular weight is 397 g/mol. The number of ether oxygens (including phenoxy) is 5. The lowest BCUT2D eigenvalue weighted by molar-refractivity contribution is 0.287. The fourth-order valence-electron chi connectivity index (χ4n) is 2.38. The first-order chi connectivity index (χ1) is 13.0. The standard InChI is InChI=1S/C18H23NO7S/c1-22-13-8-9-17(16(12-13)24-3)27(20,21)19-10-11-26-15-7-5-6-14(23-2)18(15)25-4/h5-9,12,19H,10-11H2,1-4H3. The predicted molar refractivity (Wildman–Crippen MR) is 99.8 cm³/mol. The molecule has 8 nitrogen and oxygen atoms in total. The molecule has 9 heteroatoms. The molecule has 1 N–H and O–H groups in total. The summed E-state index contributed by atoms with van der Waals surface area (Å²) in [6.07, 6.45) is 0. The summed E-state index contributed by atoms with van der Waals surface area (Å²) in [6, 6.07) is 9.68. The van der Waals surface area contributed by atoms with E-state index in [-0.39, 0.29) is 23.8 Å². The highest BCUT2D eigenvalue weighted by Crippen LogP contribution is 2.36. The minimum atomic E-state index is -3.78. The van der Waals surface area contributed by atoms with Crippen molar-refractivity contribution in [1.82, 2.24) is 4.72 Å². The van der Waals surface area contributed by atoms with Crippen LogP contribution in [0.25, 0.3) is 0 Å². The Morgan fingerprint density at radius 1 is 0.852 bits per heavy atom. The van der Waals surface area contributed by atoms with E-state index >= 15 is 0 Å². The van der Waals surface area contributed by atoms with E-state index in [1.165, 1.54) is 40.6 Å². The van der Waals surface area contributed by atoms with Crippen LogP contribution in [0.4, 0.5) is 0 Å². The number of hydrogen-bond donors (Lipinski definition) is 1. The second kappa shape index (κ2) is 9.33. The molecule has 0 bridgehead atoms. The van der Waals surface area contributed by atoms with Crippen LogP contribution in [0.3, 0.4) is 0 Å². The van der Waals surface area contributed by atoms with Gasteiger partial charge in [0, 0.05) is 12.6 Å². The minimum absolute atomic E-state index is 0.0183. The first-order valence-electron chi connectivity index (χ1n) is 8.02. The monoisotopic (exact) mass is 397 g/mol. The average Bonchev–Trinajstić information content (AvgIpc) is 2.70. The molecule has 0 amide bonds. The van der Waals surface area contributed by atoms with E-state index in [1.54, 1.807) is 24.3 Å². The van der Waals surface area contributed by atoms with Crippen LogP contribution in [-0.2, 0) is 10.0 Å². The summed E-state index contributed by atoms with van der Waals surface area (Å²) in [5.74, 6) is 2.12. The van der Waals surface area contributed by atoms with Gasteiger partial charge in [0.25, 0.3) is 0 Å². The van der Waals surface area contributed by atoms with Crippen LogP contribution >= 0.6 is 0 Å². The molecule has 27 heavy (non-hydrogen) atoms. The van der Waals surface area contributed by atoms with E-state index in [0.717, 1.165) is 0 Å². The van der Waals surface area contributed by atoms with Crippen molar-refractivity contribution in [2.24, 2.45) is 0 Å². The van der Waals surface area contributed by atoms with Crippen LogP contribution in [0.2, 0.25) is 0 Å². The lowest BCUT2D eigenvalue weighted by Crippen LogP contribution is -2.28. The van der Waals surface area contributed by atoms with Gasteiger partial charge in [-0.3, -0.25) is 0 Å². The molecular formula is C18H23NO7S. The van der Waals surface area contributed by atoms with Gasteiger partial charge in [-0.15, -0.1) is 0 Å². The molecule has 0 saturated heterocycles. The molecule has 0 atom stereocenters. The van der Waals surface area contributed by atoms with Crippen LogP contribution in [0.5, 0.6) is 28.7 Å². The molecule has 0 fully saturated rings. The van der Waals surface area contributed by atoms with Crippen molar-refractivity contribution >= 4 is 10.0 Å². The first kappa shape index (κ1) is 20.7. The number of rotatable bonds is 10. The maximum Gasteiger partial charge on any atom is 0.244 e. The Morgan fingerprint density at radius 2 is 1.56 bits per heavy atom. The Bertz CT molecular complexity index is 868. The smallest absolute Gasteiger partial charge is 0.244 e. The summed E-state index contributed by atoms with van der Waals surface area (Å²) in [5, 5.41) is 0. The van der Waals surface area contributed by atoms with Gasteiger partial charge in [-0.05, 0) is 24.3 Å². The fraction of sp³-hybridized carbons (Fsp3) is 0.333. The second-order valence-corrected chi connectivity index (χ2v) is 6.99. The summed E-state index contributed by atoms with van der Waals surface area (Å²) in [6.45, 7) is 0.152. The van der Waals surface area contributed by atoms with Crippen molar-refractivity contribution in [3.63, 3.8) is 0 Å². The maximum atomic E-state index is 12.5. The van der Waals surface area contributed by atoms with E-state index in [1.807, 2.05) is 0 Å². The molecule has 0 aliphatic rings. The number of sulfonamides is 1. The van der Waals surface area contributed by atoms with Crippen molar-refractivity contribution in [1.29, 1.82) is 0 Å². The second-order valence-electron chi connectivity index (χ2n) is 5.25. The Kier molecular flexibility index (Phi) is 7.14. The molecule has 2 aromatic carbocycles. The van der Waals surface area contributed by atoms with E-state index in [4.69, 9.17) is 23.7 Å². The van der Waals surface area contributed by atoms with Crippen LogP contribution in [0.1, 0.15) is 0 Å². The maximum absolute atomic E-state index is 12.5. The Balaban J connectivity index is 2.03. The predicted octanol–water partition coefficient (Wildman–Crippen LogP) is 2.08. The Labute approximate surface area is 159 Å². The van der Waals surface area contributed by atoms with Crippen molar-refractivity contribution in [2.45, 2.75) is 4.90 Å². The van der Waals surface area contributed by atoms with Gasteiger partial charge in [-0.25, -0.2) is 13.1 Å². The third-order valence-electron chi connectivity index (χ3n) is 3.68. The highest BCUT2D eigenvalue weighted by molar-refractivity contribution is 7.89. The highest BCUT2D eigenvalue weighted by atomic mass is 32.2. The van der Waals surface area contributed by atoms with Crippen molar-refractivity contribution in [2.75, 3.05) is 41.6 Å². The molecule has 2 aromatic rings.